The molecule has 1 heterocycles. The monoisotopic (exact) mass is 244 g/mol. The molecule has 2 aromatic rings. The number of Topliss-reactive ketones (excluding diaryl/α,β-unsaturated/α-hetero) is 1. The molecule has 2 rings (SSSR count). The molecular weight excluding hydrogens is 232 g/mol. The van der Waals surface area contributed by atoms with Crippen LogP contribution in [0.4, 0.5) is 11.4 Å². The van der Waals surface area contributed by atoms with Gasteiger partial charge in [0.1, 0.15) is 5.69 Å². The average molecular weight is 244 g/mol. The number of nitrogens with two attached hydrogens (primary N) is 1. The van der Waals surface area contributed by atoms with Gasteiger partial charge in [0, 0.05) is 11.3 Å². The minimum atomic E-state index is -0.374. The summed E-state index contributed by atoms with van der Waals surface area (Å²) in [7, 11) is 0. The Hall–Kier alpha value is -2.63. The second-order valence-electron chi connectivity index (χ2n) is 3.79. The molecule has 0 saturated heterocycles. The molecule has 1 aromatic heterocycles. The fourth-order valence-electron chi connectivity index (χ4n) is 1.46. The molecule has 0 spiro atoms. The van der Waals surface area contributed by atoms with E-state index in [0.717, 1.165) is 0 Å². The maximum Gasteiger partial charge on any atom is 0.275 e. The predicted octanol–water partition coefficient (Wildman–Crippen LogP) is 1.45. The zero-order chi connectivity index (χ0) is 13.1. The standard InChI is InChI=1S/C12H12N4O2/c1-7(17)8-2-4-9(5-3-8)15-12(18)11-10(13)6-14-16-11/h2-6H,13H2,1H3,(H,14,16)(H,15,18). The summed E-state index contributed by atoms with van der Waals surface area (Å²) in [5.41, 5.74) is 7.23. The van der Waals surface area contributed by atoms with Crippen LogP contribution in [0.25, 0.3) is 0 Å². The quantitative estimate of drug-likeness (QED) is 0.711. The van der Waals surface area contributed by atoms with Gasteiger partial charge in [-0.3, -0.25) is 14.7 Å². The van der Waals surface area contributed by atoms with Gasteiger partial charge in [0.15, 0.2) is 5.78 Å². The highest BCUT2D eigenvalue weighted by atomic mass is 16.2. The second-order valence-corrected chi connectivity index (χ2v) is 3.79. The number of amides is 1. The van der Waals surface area contributed by atoms with Crippen LogP contribution >= 0.6 is 0 Å². The molecule has 1 amide bonds. The van der Waals surface area contributed by atoms with Crippen LogP contribution in [0.3, 0.4) is 0 Å². The van der Waals surface area contributed by atoms with E-state index >= 15 is 0 Å². The molecule has 92 valence electrons. The molecule has 0 radical (unpaired) electrons. The number of ketones is 1. The number of nitrogen functional groups attached to an aromatic ring is 1. The van der Waals surface area contributed by atoms with E-state index in [9.17, 15) is 9.59 Å². The second kappa shape index (κ2) is 4.70. The summed E-state index contributed by atoms with van der Waals surface area (Å²) >= 11 is 0. The third-order valence-corrected chi connectivity index (χ3v) is 2.45. The van der Waals surface area contributed by atoms with E-state index in [4.69, 9.17) is 5.73 Å². The van der Waals surface area contributed by atoms with Crippen molar-refractivity contribution < 1.29 is 9.59 Å². The van der Waals surface area contributed by atoms with Crippen molar-refractivity contribution in [1.82, 2.24) is 10.2 Å². The lowest BCUT2D eigenvalue weighted by Crippen LogP contribution is -2.14. The number of nitrogens with one attached hydrogen (secondary N) is 2. The number of aromatic nitrogens is 2. The van der Waals surface area contributed by atoms with Gasteiger partial charge in [0.2, 0.25) is 0 Å². The van der Waals surface area contributed by atoms with E-state index in [1.54, 1.807) is 24.3 Å². The van der Waals surface area contributed by atoms with Crippen molar-refractivity contribution in [2.24, 2.45) is 0 Å². The van der Waals surface area contributed by atoms with E-state index in [-0.39, 0.29) is 23.1 Å². The molecule has 0 atom stereocenters. The average Bonchev–Trinajstić information content (AvgIpc) is 2.76. The molecule has 0 aliphatic carbocycles. The first kappa shape index (κ1) is 11.8. The Balaban J connectivity index is 2.13. The first-order valence-electron chi connectivity index (χ1n) is 5.29. The van der Waals surface area contributed by atoms with E-state index in [1.807, 2.05) is 0 Å². The molecule has 0 fully saturated rings. The molecular formula is C12H12N4O2. The minimum Gasteiger partial charge on any atom is -0.396 e. The molecule has 6 nitrogen and oxygen atoms in total. The number of hydrogen-bond acceptors (Lipinski definition) is 4. The molecule has 1 aromatic carbocycles. The molecule has 6 heteroatoms. The van der Waals surface area contributed by atoms with Crippen molar-refractivity contribution in [3.63, 3.8) is 0 Å². The molecule has 0 unspecified atom stereocenters. The van der Waals surface area contributed by atoms with Crippen LogP contribution < -0.4 is 11.1 Å². The molecule has 0 aliphatic heterocycles. The van der Waals surface area contributed by atoms with Crippen LogP contribution in [0.5, 0.6) is 0 Å². The lowest BCUT2D eigenvalue weighted by molar-refractivity contribution is 0.101. The van der Waals surface area contributed by atoms with Crippen molar-refractivity contribution in [2.75, 3.05) is 11.1 Å². The van der Waals surface area contributed by atoms with Gasteiger partial charge >= 0.3 is 0 Å². The Bertz CT molecular complexity index is 586. The summed E-state index contributed by atoms with van der Waals surface area (Å²) in [5, 5.41) is 8.83. The highest BCUT2D eigenvalue weighted by molar-refractivity contribution is 6.06. The largest absolute Gasteiger partial charge is 0.396 e. The van der Waals surface area contributed by atoms with Crippen LogP contribution in [0.15, 0.2) is 30.5 Å². The van der Waals surface area contributed by atoms with E-state index < -0.39 is 0 Å². The number of H-pyrrole nitrogens is 1. The van der Waals surface area contributed by atoms with Crippen LogP contribution in [0.1, 0.15) is 27.8 Å². The summed E-state index contributed by atoms with van der Waals surface area (Å²) in [4.78, 5) is 22.9. The van der Waals surface area contributed by atoms with Crippen LogP contribution in [0.2, 0.25) is 0 Å². The summed E-state index contributed by atoms with van der Waals surface area (Å²) in [6, 6.07) is 6.60. The molecule has 0 saturated carbocycles. The van der Waals surface area contributed by atoms with Crippen molar-refractivity contribution >= 4 is 23.1 Å². The third kappa shape index (κ3) is 2.37. The van der Waals surface area contributed by atoms with Gasteiger partial charge in [0.25, 0.3) is 5.91 Å². The number of anilines is 2. The SMILES string of the molecule is CC(=O)c1ccc(NC(=O)c2[nH]ncc2N)cc1. The molecule has 0 bridgehead atoms. The molecule has 18 heavy (non-hydrogen) atoms. The molecule has 4 N–H and O–H groups in total. The number of nitrogens with zero attached hydrogens (tertiary/aromatic N) is 1. The van der Waals surface area contributed by atoms with Gasteiger partial charge in [0.05, 0.1) is 11.9 Å². The van der Waals surface area contributed by atoms with Gasteiger partial charge in [-0.1, -0.05) is 0 Å². The van der Waals surface area contributed by atoms with Crippen molar-refractivity contribution in [2.45, 2.75) is 6.92 Å². The van der Waals surface area contributed by atoms with Gasteiger partial charge < -0.3 is 11.1 Å². The highest BCUT2D eigenvalue weighted by Crippen LogP contribution is 2.13. The van der Waals surface area contributed by atoms with Gasteiger partial charge in [-0.2, -0.15) is 5.10 Å². The normalized spacial score (nSPS) is 10.1. The Morgan fingerprint density at radius 1 is 1.28 bits per heavy atom. The smallest absolute Gasteiger partial charge is 0.275 e. The van der Waals surface area contributed by atoms with Crippen molar-refractivity contribution in [3.05, 3.63) is 41.7 Å². The Kier molecular flexibility index (Phi) is 3.09. The highest BCUT2D eigenvalue weighted by Gasteiger charge is 2.11. The summed E-state index contributed by atoms with van der Waals surface area (Å²) in [5.74, 6) is -0.397. The lowest BCUT2D eigenvalue weighted by atomic mass is 10.1. The Morgan fingerprint density at radius 3 is 2.44 bits per heavy atom. The van der Waals surface area contributed by atoms with Gasteiger partial charge in [-0.15, -0.1) is 0 Å². The lowest BCUT2D eigenvalue weighted by Gasteiger charge is -2.04. The third-order valence-electron chi connectivity index (χ3n) is 2.45. The zero-order valence-corrected chi connectivity index (χ0v) is 9.73. The fourth-order valence-corrected chi connectivity index (χ4v) is 1.46. The maximum absolute atomic E-state index is 11.8. The summed E-state index contributed by atoms with van der Waals surface area (Å²) in [6.45, 7) is 1.49. The van der Waals surface area contributed by atoms with E-state index in [0.29, 0.717) is 11.3 Å². The topological polar surface area (TPSA) is 101 Å². The predicted molar refractivity (Wildman–Crippen MR) is 67.4 cm³/mol. The minimum absolute atomic E-state index is 0.0225. The molecule has 0 aliphatic rings. The van der Waals surface area contributed by atoms with Crippen LogP contribution in [-0.2, 0) is 0 Å². The first-order valence-corrected chi connectivity index (χ1v) is 5.29. The number of hydrogen-bond donors (Lipinski definition) is 3. The van der Waals surface area contributed by atoms with E-state index in [1.165, 1.54) is 13.1 Å². The van der Waals surface area contributed by atoms with Crippen LogP contribution in [-0.4, -0.2) is 21.9 Å². The fraction of sp³-hybridized carbons (Fsp3) is 0.0833. The van der Waals surface area contributed by atoms with Crippen molar-refractivity contribution in [1.29, 1.82) is 0 Å². The van der Waals surface area contributed by atoms with Crippen molar-refractivity contribution in [3.8, 4) is 0 Å². The Labute approximate surface area is 103 Å². The van der Waals surface area contributed by atoms with Gasteiger partial charge in [-0.05, 0) is 31.2 Å². The maximum atomic E-state index is 11.8. The summed E-state index contributed by atoms with van der Waals surface area (Å²) < 4.78 is 0. The Morgan fingerprint density at radius 2 is 1.94 bits per heavy atom. The number of rotatable bonds is 3. The van der Waals surface area contributed by atoms with E-state index in [2.05, 4.69) is 15.5 Å². The van der Waals surface area contributed by atoms with Gasteiger partial charge in [-0.25, -0.2) is 0 Å². The number of carbonyl (C=O) groups is 2. The zero-order valence-electron chi connectivity index (χ0n) is 9.73. The number of carbonyl (C=O) groups excluding carboxylic acids is 2. The van der Waals surface area contributed by atoms with Crippen LogP contribution in [0, 0.1) is 0 Å². The summed E-state index contributed by atoms with van der Waals surface area (Å²) in [6.07, 6.45) is 1.37. The number of benzene rings is 1. The first-order chi connectivity index (χ1) is 8.58. The number of aromatic amines is 1.